The van der Waals surface area contributed by atoms with Gasteiger partial charge in [0.2, 0.25) is 5.91 Å². The van der Waals surface area contributed by atoms with E-state index in [1.54, 1.807) is 17.0 Å². The summed E-state index contributed by atoms with van der Waals surface area (Å²) in [6, 6.07) is 12.9. The third kappa shape index (κ3) is 4.03. The minimum Gasteiger partial charge on any atom is -0.326 e. The highest BCUT2D eigenvalue weighted by Crippen LogP contribution is 2.29. The first kappa shape index (κ1) is 19.6. The molecule has 0 N–H and O–H groups in total. The van der Waals surface area contributed by atoms with Crippen LogP contribution in [0.4, 0.5) is 10.1 Å². The molecule has 0 bridgehead atoms. The van der Waals surface area contributed by atoms with Crippen LogP contribution in [0.1, 0.15) is 30.7 Å². The summed E-state index contributed by atoms with van der Waals surface area (Å²) in [7, 11) is 0. The zero-order valence-electron chi connectivity index (χ0n) is 15.9. The van der Waals surface area contributed by atoms with E-state index in [9.17, 15) is 14.0 Å². The van der Waals surface area contributed by atoms with Crippen LogP contribution < -0.4 is 4.90 Å². The Kier molecular flexibility index (Phi) is 5.62. The molecule has 0 radical (unpaired) electrons. The van der Waals surface area contributed by atoms with Crippen molar-refractivity contribution in [1.82, 2.24) is 9.55 Å². The highest BCUT2D eigenvalue weighted by atomic mass is 35.5. The molecule has 2 heterocycles. The van der Waals surface area contributed by atoms with E-state index in [0.29, 0.717) is 30.2 Å². The van der Waals surface area contributed by atoms with Crippen molar-refractivity contribution in [3.05, 3.63) is 58.9 Å². The predicted molar refractivity (Wildman–Crippen MR) is 111 cm³/mol. The Morgan fingerprint density at radius 1 is 1.07 bits per heavy atom. The largest absolute Gasteiger partial charge is 0.326 e. The summed E-state index contributed by atoms with van der Waals surface area (Å²) in [4.78, 5) is 31.3. The molecular weight excluding hydrogens is 393 g/mol. The van der Waals surface area contributed by atoms with Gasteiger partial charge < -0.3 is 9.47 Å². The number of aromatic nitrogens is 2. The second kappa shape index (κ2) is 8.33. The maximum Gasteiger partial charge on any atom is 0.234 e. The van der Waals surface area contributed by atoms with Crippen LogP contribution in [0.5, 0.6) is 0 Å². The van der Waals surface area contributed by atoms with Gasteiger partial charge in [-0.1, -0.05) is 29.8 Å². The van der Waals surface area contributed by atoms with E-state index < -0.39 is 0 Å². The number of alkyl halides is 1. The van der Waals surface area contributed by atoms with Crippen molar-refractivity contribution < 1.29 is 14.0 Å². The minimum atomic E-state index is -0.367. The lowest BCUT2D eigenvalue weighted by Gasteiger charge is -2.23. The standard InChI is InChI=1S/C22H21ClFN3O2/c23-16-7-8-20-18(12-16)25-21(26(20)10-4-3-9-24)14-27-19-6-2-1-5-15(19)11-17(28)13-22(27)29/h1-2,5-8,12H,3-4,9-11,13-14H2. The number of halogens is 2. The SMILES string of the molecule is O=C1CC(=O)N(Cc2nc3cc(Cl)ccc3n2CCCCF)c2ccccc2C1. The van der Waals surface area contributed by atoms with Crippen molar-refractivity contribution in [2.75, 3.05) is 11.6 Å². The molecular formula is C22H21ClFN3O2. The van der Waals surface area contributed by atoms with Crippen molar-refractivity contribution in [3.63, 3.8) is 0 Å². The van der Waals surface area contributed by atoms with E-state index >= 15 is 0 Å². The number of ketones is 1. The summed E-state index contributed by atoms with van der Waals surface area (Å²) in [5.74, 6) is 0.368. The number of unbranched alkanes of at least 4 members (excludes halogenated alkanes) is 1. The Balaban J connectivity index is 1.75. The predicted octanol–water partition coefficient (Wildman–Crippen LogP) is 4.49. The second-order valence-corrected chi connectivity index (χ2v) is 7.65. The number of hydrogen-bond acceptors (Lipinski definition) is 3. The molecule has 0 aliphatic carbocycles. The molecule has 0 unspecified atom stereocenters. The Morgan fingerprint density at radius 2 is 1.90 bits per heavy atom. The maximum absolute atomic E-state index is 12.8. The summed E-state index contributed by atoms with van der Waals surface area (Å²) >= 11 is 6.13. The van der Waals surface area contributed by atoms with Crippen LogP contribution in [0.2, 0.25) is 5.02 Å². The summed E-state index contributed by atoms with van der Waals surface area (Å²) in [5, 5.41) is 0.583. The smallest absolute Gasteiger partial charge is 0.234 e. The van der Waals surface area contributed by atoms with Crippen molar-refractivity contribution >= 4 is 40.0 Å². The van der Waals surface area contributed by atoms with Crippen LogP contribution in [0.15, 0.2) is 42.5 Å². The number of imidazole rings is 1. The summed E-state index contributed by atoms with van der Waals surface area (Å²) in [5.41, 5.74) is 3.21. The van der Waals surface area contributed by atoms with Crippen LogP contribution in [0.25, 0.3) is 11.0 Å². The third-order valence-electron chi connectivity index (χ3n) is 5.17. The number of carbonyl (C=O) groups excluding carboxylic acids is 2. The van der Waals surface area contributed by atoms with E-state index in [2.05, 4.69) is 0 Å². The maximum atomic E-state index is 12.8. The van der Waals surface area contributed by atoms with Gasteiger partial charge in [0, 0.05) is 23.7 Å². The normalized spacial score (nSPS) is 14.3. The number of nitrogens with zero attached hydrogens (tertiary/aromatic N) is 3. The van der Waals surface area contributed by atoms with E-state index in [-0.39, 0.29) is 37.8 Å². The fraction of sp³-hybridized carbons (Fsp3) is 0.318. The van der Waals surface area contributed by atoms with Crippen molar-refractivity contribution in [1.29, 1.82) is 0 Å². The fourth-order valence-corrected chi connectivity index (χ4v) is 3.97. The van der Waals surface area contributed by atoms with Gasteiger partial charge in [-0.3, -0.25) is 14.0 Å². The van der Waals surface area contributed by atoms with Crippen molar-refractivity contribution in [2.45, 2.75) is 38.8 Å². The summed E-state index contributed by atoms with van der Waals surface area (Å²) in [6.45, 7) is 0.471. The van der Waals surface area contributed by atoms with Crippen LogP contribution in [-0.4, -0.2) is 27.9 Å². The van der Waals surface area contributed by atoms with Crippen LogP contribution in [0, 0.1) is 0 Å². The molecule has 0 atom stereocenters. The lowest BCUT2D eigenvalue weighted by molar-refractivity contribution is -0.126. The topological polar surface area (TPSA) is 55.2 Å². The van der Waals surface area contributed by atoms with Crippen molar-refractivity contribution in [2.24, 2.45) is 0 Å². The minimum absolute atomic E-state index is 0.0896. The number of amides is 1. The fourth-order valence-electron chi connectivity index (χ4n) is 3.80. The molecule has 0 saturated carbocycles. The lowest BCUT2D eigenvalue weighted by atomic mass is 10.1. The first-order valence-electron chi connectivity index (χ1n) is 9.67. The van der Waals surface area contributed by atoms with Gasteiger partial charge >= 0.3 is 0 Å². The number of benzene rings is 2. The van der Waals surface area contributed by atoms with Gasteiger partial charge in [-0.15, -0.1) is 0 Å². The molecule has 0 saturated heterocycles. The molecule has 0 fully saturated rings. The third-order valence-corrected chi connectivity index (χ3v) is 5.41. The Bertz CT molecular complexity index is 1080. The summed E-state index contributed by atoms with van der Waals surface area (Å²) in [6.07, 6.45) is 1.26. The van der Waals surface area contributed by atoms with Gasteiger partial charge in [0.15, 0.2) is 0 Å². The highest BCUT2D eigenvalue weighted by molar-refractivity contribution is 6.31. The molecule has 1 aliphatic rings. The molecule has 150 valence electrons. The molecule has 7 heteroatoms. The summed E-state index contributed by atoms with van der Waals surface area (Å²) < 4.78 is 14.7. The molecule has 1 aromatic heterocycles. The zero-order chi connectivity index (χ0) is 20.4. The molecule has 5 nitrogen and oxygen atoms in total. The van der Waals surface area contributed by atoms with E-state index in [1.807, 2.05) is 34.9 Å². The lowest BCUT2D eigenvalue weighted by Crippen LogP contribution is -2.31. The Hall–Kier alpha value is -2.73. The Morgan fingerprint density at radius 3 is 2.72 bits per heavy atom. The number of para-hydroxylation sites is 1. The highest BCUT2D eigenvalue weighted by Gasteiger charge is 2.27. The van der Waals surface area contributed by atoms with Gasteiger partial charge in [-0.25, -0.2) is 4.98 Å². The van der Waals surface area contributed by atoms with E-state index in [0.717, 1.165) is 22.3 Å². The van der Waals surface area contributed by atoms with Gasteiger partial charge in [0.25, 0.3) is 0 Å². The van der Waals surface area contributed by atoms with E-state index in [4.69, 9.17) is 16.6 Å². The molecule has 3 aromatic rings. The molecule has 1 aliphatic heterocycles. The number of Topliss-reactive ketones (excluding diaryl/α,β-unsaturated/α-hetero) is 1. The van der Waals surface area contributed by atoms with Gasteiger partial charge in [0.05, 0.1) is 30.7 Å². The first-order chi connectivity index (χ1) is 14.1. The van der Waals surface area contributed by atoms with E-state index in [1.165, 1.54) is 0 Å². The molecule has 4 rings (SSSR count). The van der Waals surface area contributed by atoms with Gasteiger partial charge in [-0.05, 0) is 42.7 Å². The first-order valence-corrected chi connectivity index (χ1v) is 10.0. The molecule has 29 heavy (non-hydrogen) atoms. The molecule has 2 aromatic carbocycles. The average molecular weight is 414 g/mol. The van der Waals surface area contributed by atoms with Crippen LogP contribution in [0.3, 0.4) is 0 Å². The second-order valence-electron chi connectivity index (χ2n) is 7.21. The van der Waals surface area contributed by atoms with Crippen LogP contribution >= 0.6 is 11.6 Å². The molecule has 1 amide bonds. The quantitative estimate of drug-likeness (QED) is 0.442. The van der Waals surface area contributed by atoms with Crippen molar-refractivity contribution in [3.8, 4) is 0 Å². The molecule has 0 spiro atoms. The number of rotatable bonds is 6. The average Bonchev–Trinajstić information content (AvgIpc) is 2.96. The monoisotopic (exact) mass is 413 g/mol. The number of carbonyl (C=O) groups is 2. The zero-order valence-corrected chi connectivity index (χ0v) is 16.7. The number of hydrogen-bond donors (Lipinski definition) is 0. The number of anilines is 1. The van der Waals surface area contributed by atoms with Gasteiger partial charge in [-0.2, -0.15) is 0 Å². The van der Waals surface area contributed by atoms with Gasteiger partial charge in [0.1, 0.15) is 11.6 Å². The number of aryl methyl sites for hydroxylation is 1. The van der Waals surface area contributed by atoms with Crippen LogP contribution in [-0.2, 0) is 29.1 Å². The Labute approximate surface area is 173 Å². The number of fused-ring (bicyclic) bond motifs is 2.